The Kier molecular flexibility index (Phi) is 3.76. The zero-order chi connectivity index (χ0) is 14.0. The third kappa shape index (κ3) is 2.17. The van der Waals surface area contributed by atoms with Crippen LogP contribution in [0.4, 0.5) is 0 Å². The summed E-state index contributed by atoms with van der Waals surface area (Å²) in [5.41, 5.74) is 7.67. The smallest absolute Gasteiger partial charge is 0.328 e. The van der Waals surface area contributed by atoms with E-state index in [4.69, 9.17) is 15.2 Å². The number of hydrogen-bond donors (Lipinski definition) is 1. The maximum Gasteiger partial charge on any atom is 0.328 e. The van der Waals surface area contributed by atoms with E-state index in [0.717, 1.165) is 28.9 Å². The van der Waals surface area contributed by atoms with Crippen molar-refractivity contribution in [1.29, 1.82) is 0 Å². The van der Waals surface area contributed by atoms with Crippen LogP contribution in [-0.4, -0.2) is 24.8 Å². The van der Waals surface area contributed by atoms with Crippen LogP contribution in [0.25, 0.3) is 10.9 Å². The van der Waals surface area contributed by atoms with Crippen LogP contribution in [0.5, 0.6) is 5.75 Å². The number of carbonyl (C=O) groups is 1. The molecule has 0 amide bonds. The molecule has 0 spiro atoms. The molecule has 5 heteroatoms. The molecule has 5 nitrogen and oxygen atoms in total. The van der Waals surface area contributed by atoms with Crippen molar-refractivity contribution < 1.29 is 14.3 Å². The van der Waals surface area contributed by atoms with Crippen molar-refractivity contribution in [3.05, 3.63) is 30.0 Å². The van der Waals surface area contributed by atoms with Gasteiger partial charge in [0.05, 0.1) is 19.7 Å². The van der Waals surface area contributed by atoms with Gasteiger partial charge in [-0.2, -0.15) is 0 Å². The first-order chi connectivity index (χ1) is 9.13. The van der Waals surface area contributed by atoms with Crippen LogP contribution in [0.15, 0.2) is 24.3 Å². The van der Waals surface area contributed by atoms with Gasteiger partial charge in [-0.05, 0) is 25.1 Å². The zero-order valence-corrected chi connectivity index (χ0v) is 11.3. The highest BCUT2D eigenvalue weighted by atomic mass is 16.5. The molecule has 1 aromatic heterocycles. The lowest BCUT2D eigenvalue weighted by atomic mass is 10.2. The molecule has 102 valence electrons. The van der Waals surface area contributed by atoms with Gasteiger partial charge in [-0.3, -0.25) is 0 Å². The van der Waals surface area contributed by atoms with Crippen molar-refractivity contribution in [3.63, 3.8) is 0 Å². The Labute approximate surface area is 111 Å². The Hall–Kier alpha value is -2.01. The van der Waals surface area contributed by atoms with E-state index in [2.05, 4.69) is 0 Å². The molecule has 0 saturated carbocycles. The molecular formula is C14H18N2O3. The normalized spacial score (nSPS) is 12.4. The largest absolute Gasteiger partial charge is 0.496 e. The molecule has 0 radical (unpaired) electrons. The molecule has 2 N–H and O–H groups in total. The van der Waals surface area contributed by atoms with E-state index in [0.29, 0.717) is 0 Å². The van der Waals surface area contributed by atoms with E-state index >= 15 is 0 Å². The number of benzene rings is 1. The summed E-state index contributed by atoms with van der Waals surface area (Å²) in [5.74, 6) is 0.319. The fourth-order valence-corrected chi connectivity index (χ4v) is 2.31. The monoisotopic (exact) mass is 262 g/mol. The molecule has 1 atom stereocenters. The minimum atomic E-state index is -0.790. The molecule has 0 aliphatic rings. The van der Waals surface area contributed by atoms with Gasteiger partial charge in [-0.15, -0.1) is 0 Å². The fraction of sp³-hybridized carbons (Fsp3) is 0.357. The van der Waals surface area contributed by atoms with Gasteiger partial charge in [0.1, 0.15) is 11.8 Å². The Morgan fingerprint density at radius 3 is 2.74 bits per heavy atom. The van der Waals surface area contributed by atoms with Crippen molar-refractivity contribution in [2.24, 2.45) is 5.73 Å². The van der Waals surface area contributed by atoms with Crippen LogP contribution < -0.4 is 10.5 Å². The van der Waals surface area contributed by atoms with Gasteiger partial charge in [0.2, 0.25) is 0 Å². The van der Waals surface area contributed by atoms with Crippen molar-refractivity contribution in [2.45, 2.75) is 19.5 Å². The van der Waals surface area contributed by atoms with E-state index in [9.17, 15) is 4.79 Å². The molecule has 0 aliphatic heterocycles. The zero-order valence-electron chi connectivity index (χ0n) is 11.3. The van der Waals surface area contributed by atoms with Crippen LogP contribution in [0.2, 0.25) is 0 Å². The van der Waals surface area contributed by atoms with Crippen molar-refractivity contribution in [3.8, 4) is 5.75 Å². The lowest BCUT2D eigenvalue weighted by molar-refractivity contribution is -0.142. The SMILES string of the molecule is CCn1c(C(N)C(=O)OC)cc2c(OC)cccc21. The summed E-state index contributed by atoms with van der Waals surface area (Å²) in [6.07, 6.45) is 0. The van der Waals surface area contributed by atoms with E-state index in [1.807, 2.05) is 35.8 Å². The van der Waals surface area contributed by atoms with Gasteiger partial charge >= 0.3 is 5.97 Å². The summed E-state index contributed by atoms with van der Waals surface area (Å²) < 4.78 is 12.0. The number of esters is 1. The number of rotatable bonds is 4. The predicted octanol–water partition coefficient (Wildman–Crippen LogP) is 1.84. The highest BCUT2D eigenvalue weighted by Gasteiger charge is 2.22. The van der Waals surface area contributed by atoms with Gasteiger partial charge in [-0.25, -0.2) is 4.79 Å². The average molecular weight is 262 g/mol. The summed E-state index contributed by atoms with van der Waals surface area (Å²) in [7, 11) is 2.96. The Morgan fingerprint density at radius 2 is 2.16 bits per heavy atom. The molecule has 0 aliphatic carbocycles. The molecular weight excluding hydrogens is 244 g/mol. The first-order valence-electron chi connectivity index (χ1n) is 6.13. The Bertz CT molecular complexity index is 604. The predicted molar refractivity (Wildman–Crippen MR) is 73.1 cm³/mol. The Morgan fingerprint density at radius 1 is 1.42 bits per heavy atom. The van der Waals surface area contributed by atoms with Crippen molar-refractivity contribution in [2.75, 3.05) is 14.2 Å². The molecule has 0 saturated heterocycles. The number of fused-ring (bicyclic) bond motifs is 1. The van der Waals surface area contributed by atoms with Crippen LogP contribution in [0, 0.1) is 0 Å². The van der Waals surface area contributed by atoms with Gasteiger partial charge in [0.25, 0.3) is 0 Å². The van der Waals surface area contributed by atoms with E-state index in [1.54, 1.807) is 7.11 Å². The van der Waals surface area contributed by atoms with Gasteiger partial charge in [0.15, 0.2) is 0 Å². The summed E-state index contributed by atoms with van der Waals surface area (Å²) in [5, 5.41) is 0.946. The van der Waals surface area contributed by atoms with Crippen LogP contribution in [0.1, 0.15) is 18.7 Å². The van der Waals surface area contributed by atoms with Gasteiger partial charge in [-0.1, -0.05) is 6.07 Å². The second-order valence-corrected chi connectivity index (χ2v) is 4.21. The molecule has 0 bridgehead atoms. The minimum absolute atomic E-state index is 0.448. The van der Waals surface area contributed by atoms with Crippen LogP contribution in [0.3, 0.4) is 0 Å². The molecule has 0 fully saturated rings. The van der Waals surface area contributed by atoms with E-state index in [1.165, 1.54) is 7.11 Å². The summed E-state index contributed by atoms with van der Waals surface area (Å²) in [6.45, 7) is 2.73. The number of aromatic nitrogens is 1. The van der Waals surface area contributed by atoms with Crippen LogP contribution in [-0.2, 0) is 16.1 Å². The number of methoxy groups -OCH3 is 2. The quantitative estimate of drug-likeness (QED) is 0.854. The highest BCUT2D eigenvalue weighted by Crippen LogP contribution is 2.31. The first kappa shape index (κ1) is 13.4. The number of nitrogens with two attached hydrogens (primary N) is 1. The third-order valence-electron chi connectivity index (χ3n) is 3.25. The number of hydrogen-bond acceptors (Lipinski definition) is 4. The Balaban J connectivity index is 2.65. The topological polar surface area (TPSA) is 66.5 Å². The number of ether oxygens (including phenoxy) is 2. The summed E-state index contributed by atoms with van der Waals surface area (Å²) in [6, 6.07) is 6.88. The second kappa shape index (κ2) is 5.32. The van der Waals surface area contributed by atoms with E-state index in [-0.39, 0.29) is 0 Å². The van der Waals surface area contributed by atoms with Crippen LogP contribution >= 0.6 is 0 Å². The minimum Gasteiger partial charge on any atom is -0.496 e. The average Bonchev–Trinajstić information content (AvgIpc) is 2.83. The molecule has 1 heterocycles. The van der Waals surface area contributed by atoms with Crippen molar-refractivity contribution >= 4 is 16.9 Å². The summed E-state index contributed by atoms with van der Waals surface area (Å²) in [4.78, 5) is 11.6. The molecule has 1 aromatic carbocycles. The molecule has 2 rings (SSSR count). The summed E-state index contributed by atoms with van der Waals surface area (Å²) >= 11 is 0. The first-order valence-corrected chi connectivity index (χ1v) is 6.13. The van der Waals surface area contributed by atoms with Crippen molar-refractivity contribution in [1.82, 2.24) is 4.57 Å². The fourth-order valence-electron chi connectivity index (χ4n) is 2.31. The number of carbonyl (C=O) groups excluding carboxylic acids is 1. The molecule has 19 heavy (non-hydrogen) atoms. The number of aryl methyl sites for hydroxylation is 1. The molecule has 1 unspecified atom stereocenters. The van der Waals surface area contributed by atoms with Gasteiger partial charge in [0, 0.05) is 17.6 Å². The third-order valence-corrected chi connectivity index (χ3v) is 3.25. The van der Waals surface area contributed by atoms with E-state index < -0.39 is 12.0 Å². The highest BCUT2D eigenvalue weighted by molar-refractivity contribution is 5.89. The molecule has 2 aromatic rings. The standard InChI is InChI=1S/C14H18N2O3/c1-4-16-10-6-5-7-12(18-2)9(10)8-11(16)13(15)14(17)19-3/h5-8,13H,4,15H2,1-3H3. The number of nitrogens with zero attached hydrogens (tertiary/aromatic N) is 1. The maximum atomic E-state index is 11.6. The maximum absolute atomic E-state index is 11.6. The lowest BCUT2D eigenvalue weighted by Crippen LogP contribution is -2.25. The van der Waals surface area contributed by atoms with Gasteiger partial charge < -0.3 is 19.8 Å². The second-order valence-electron chi connectivity index (χ2n) is 4.21. The lowest BCUT2D eigenvalue weighted by Gasteiger charge is -2.12.